The van der Waals surface area contributed by atoms with E-state index in [0.717, 1.165) is 6.07 Å². The topological polar surface area (TPSA) is 109 Å². The molecule has 0 spiro atoms. The van der Waals surface area contributed by atoms with E-state index in [4.69, 9.17) is 0 Å². The van der Waals surface area contributed by atoms with Gasteiger partial charge in [0.2, 0.25) is 5.91 Å². The number of nitro benzene ring substituents is 1. The van der Waals surface area contributed by atoms with E-state index in [-0.39, 0.29) is 17.9 Å². The van der Waals surface area contributed by atoms with Gasteiger partial charge in [0.05, 0.1) is 29.4 Å². The number of rotatable bonds is 7. The number of amides is 1. The van der Waals surface area contributed by atoms with E-state index in [9.17, 15) is 28.1 Å². The van der Waals surface area contributed by atoms with Crippen LogP contribution >= 0.6 is 0 Å². The van der Waals surface area contributed by atoms with E-state index >= 15 is 0 Å². The highest BCUT2D eigenvalue weighted by atomic mass is 19.4. The Balaban J connectivity index is 1.26. The number of alkyl halides is 3. The molecule has 1 saturated heterocycles. The van der Waals surface area contributed by atoms with Gasteiger partial charge in [-0.15, -0.1) is 5.10 Å². The standard InChI is InChI=1S/C22H22F3N7O3/c23-22(24,25)18-3-1-2-4-19(18)27-20(33)13-29-9-11-30(12-10-29)15-31-14-26-21(28-31)16-5-7-17(8-6-16)32(34)35/h1-8,14H,9-13,15H2,(H,27,33). The lowest BCUT2D eigenvalue weighted by Gasteiger charge is -2.34. The van der Waals surface area contributed by atoms with Crippen molar-refractivity contribution in [3.8, 4) is 11.4 Å². The highest BCUT2D eigenvalue weighted by Crippen LogP contribution is 2.34. The number of benzene rings is 2. The van der Waals surface area contributed by atoms with Crippen molar-refractivity contribution in [3.05, 3.63) is 70.5 Å². The molecule has 1 amide bonds. The molecule has 1 fully saturated rings. The summed E-state index contributed by atoms with van der Waals surface area (Å²) in [5.41, 5.74) is -0.473. The molecule has 0 saturated carbocycles. The van der Waals surface area contributed by atoms with E-state index in [1.54, 1.807) is 23.1 Å². The molecule has 1 N–H and O–H groups in total. The molecule has 0 unspecified atom stereocenters. The zero-order valence-electron chi connectivity index (χ0n) is 18.5. The summed E-state index contributed by atoms with van der Waals surface area (Å²) in [7, 11) is 0. The highest BCUT2D eigenvalue weighted by Gasteiger charge is 2.33. The molecule has 0 bridgehead atoms. The smallest absolute Gasteiger partial charge is 0.324 e. The average molecular weight is 489 g/mol. The molecular formula is C22H22F3N7O3. The molecule has 1 aromatic heterocycles. The molecule has 35 heavy (non-hydrogen) atoms. The van der Waals surface area contributed by atoms with Crippen LogP contribution in [0.25, 0.3) is 11.4 Å². The molecule has 13 heteroatoms. The van der Waals surface area contributed by atoms with Crippen molar-refractivity contribution in [2.45, 2.75) is 12.8 Å². The molecule has 4 rings (SSSR count). The molecule has 0 aliphatic carbocycles. The molecule has 184 valence electrons. The molecule has 2 heterocycles. The molecule has 3 aromatic rings. The third-order valence-electron chi connectivity index (χ3n) is 5.56. The van der Waals surface area contributed by atoms with Crippen LogP contribution in [0, 0.1) is 10.1 Å². The lowest BCUT2D eigenvalue weighted by molar-refractivity contribution is -0.384. The first-order chi connectivity index (χ1) is 16.7. The summed E-state index contributed by atoms with van der Waals surface area (Å²) >= 11 is 0. The summed E-state index contributed by atoms with van der Waals surface area (Å²) in [6, 6.07) is 10.9. The minimum atomic E-state index is -4.55. The molecule has 10 nitrogen and oxygen atoms in total. The van der Waals surface area contributed by atoms with Crippen molar-refractivity contribution < 1.29 is 22.9 Å². The summed E-state index contributed by atoms with van der Waals surface area (Å²) in [5.74, 6) is -0.0477. The van der Waals surface area contributed by atoms with E-state index in [1.165, 1.54) is 30.3 Å². The van der Waals surface area contributed by atoms with Crippen LogP contribution in [-0.4, -0.2) is 68.1 Å². The van der Waals surface area contributed by atoms with Gasteiger partial charge in [0.15, 0.2) is 5.82 Å². The van der Waals surface area contributed by atoms with Gasteiger partial charge in [-0.1, -0.05) is 12.1 Å². The van der Waals surface area contributed by atoms with Crippen molar-refractivity contribution in [3.63, 3.8) is 0 Å². The van der Waals surface area contributed by atoms with E-state index in [1.807, 2.05) is 4.90 Å². The Labute approximate surface area is 198 Å². The van der Waals surface area contributed by atoms with Gasteiger partial charge in [0.1, 0.15) is 6.33 Å². The molecule has 2 aromatic carbocycles. The Kier molecular flexibility index (Phi) is 7.07. The fourth-order valence-corrected chi connectivity index (χ4v) is 3.75. The van der Waals surface area contributed by atoms with Crippen LogP contribution in [0.4, 0.5) is 24.5 Å². The van der Waals surface area contributed by atoms with Crippen LogP contribution in [0.5, 0.6) is 0 Å². The molecule has 0 radical (unpaired) electrons. The van der Waals surface area contributed by atoms with E-state index in [0.29, 0.717) is 44.2 Å². The van der Waals surface area contributed by atoms with Crippen LogP contribution in [0.3, 0.4) is 0 Å². The number of nitrogens with one attached hydrogen (secondary N) is 1. The Morgan fingerprint density at radius 3 is 2.34 bits per heavy atom. The Morgan fingerprint density at radius 1 is 1.03 bits per heavy atom. The number of para-hydroxylation sites is 1. The predicted molar refractivity (Wildman–Crippen MR) is 120 cm³/mol. The minimum absolute atomic E-state index is 0.00630. The number of carbonyl (C=O) groups is 1. The van der Waals surface area contributed by atoms with Gasteiger partial charge in [-0.05, 0) is 24.3 Å². The van der Waals surface area contributed by atoms with Crippen LogP contribution in [0.15, 0.2) is 54.9 Å². The minimum Gasteiger partial charge on any atom is -0.324 e. The number of carbonyl (C=O) groups excluding carboxylic acids is 1. The van der Waals surface area contributed by atoms with Crippen molar-refractivity contribution in [2.75, 3.05) is 38.0 Å². The highest BCUT2D eigenvalue weighted by molar-refractivity contribution is 5.93. The van der Waals surface area contributed by atoms with Crippen molar-refractivity contribution in [1.82, 2.24) is 24.6 Å². The van der Waals surface area contributed by atoms with Gasteiger partial charge < -0.3 is 5.32 Å². The summed E-state index contributed by atoms with van der Waals surface area (Å²) in [4.78, 5) is 30.9. The lowest BCUT2D eigenvalue weighted by atomic mass is 10.1. The normalized spacial score (nSPS) is 15.2. The fourth-order valence-electron chi connectivity index (χ4n) is 3.75. The second-order valence-corrected chi connectivity index (χ2v) is 8.04. The summed E-state index contributed by atoms with van der Waals surface area (Å²) < 4.78 is 41.0. The summed E-state index contributed by atoms with van der Waals surface area (Å²) in [5, 5.41) is 17.6. The predicted octanol–water partition coefficient (Wildman–Crippen LogP) is 3.09. The van der Waals surface area contributed by atoms with Crippen LogP contribution in [-0.2, 0) is 17.6 Å². The Morgan fingerprint density at radius 2 is 1.69 bits per heavy atom. The lowest BCUT2D eigenvalue weighted by Crippen LogP contribution is -2.48. The Hall–Kier alpha value is -3.84. The maximum absolute atomic E-state index is 13.1. The van der Waals surface area contributed by atoms with Gasteiger partial charge in [0, 0.05) is 43.9 Å². The summed E-state index contributed by atoms with van der Waals surface area (Å²) in [6.07, 6.45) is -2.97. The maximum atomic E-state index is 13.1. The first-order valence-electron chi connectivity index (χ1n) is 10.7. The molecule has 1 aliphatic heterocycles. The fraction of sp³-hybridized carbons (Fsp3) is 0.318. The first-order valence-corrected chi connectivity index (χ1v) is 10.7. The van der Waals surface area contributed by atoms with Gasteiger partial charge in [-0.2, -0.15) is 13.2 Å². The second kappa shape index (κ2) is 10.2. The number of halogens is 3. The quantitative estimate of drug-likeness (QED) is 0.401. The number of anilines is 1. The Bertz CT molecular complexity index is 1190. The van der Waals surface area contributed by atoms with Crippen molar-refractivity contribution >= 4 is 17.3 Å². The monoisotopic (exact) mass is 489 g/mol. The SMILES string of the molecule is O=C(CN1CCN(Cn2cnc(-c3ccc([N+](=O)[O-])cc3)n2)CC1)Nc1ccccc1C(F)(F)F. The van der Waals surface area contributed by atoms with Gasteiger partial charge in [-0.25, -0.2) is 9.67 Å². The van der Waals surface area contributed by atoms with Gasteiger partial charge >= 0.3 is 6.18 Å². The van der Waals surface area contributed by atoms with E-state index < -0.39 is 22.6 Å². The van der Waals surface area contributed by atoms with Crippen LogP contribution in [0.2, 0.25) is 0 Å². The molecule has 1 aliphatic rings. The average Bonchev–Trinajstić information content (AvgIpc) is 3.28. The zero-order valence-corrected chi connectivity index (χ0v) is 18.5. The van der Waals surface area contributed by atoms with Gasteiger partial charge in [-0.3, -0.25) is 24.7 Å². The molecule has 0 atom stereocenters. The number of hydrogen-bond acceptors (Lipinski definition) is 7. The first kappa shape index (κ1) is 24.3. The largest absolute Gasteiger partial charge is 0.418 e. The number of hydrogen-bond donors (Lipinski definition) is 1. The number of nitro groups is 1. The maximum Gasteiger partial charge on any atom is 0.418 e. The number of aromatic nitrogens is 3. The zero-order chi connectivity index (χ0) is 25.0. The summed E-state index contributed by atoms with van der Waals surface area (Å²) in [6.45, 7) is 2.88. The molecular weight excluding hydrogens is 467 g/mol. The third kappa shape index (κ3) is 6.19. The van der Waals surface area contributed by atoms with Crippen molar-refractivity contribution in [2.24, 2.45) is 0 Å². The van der Waals surface area contributed by atoms with Gasteiger partial charge in [0.25, 0.3) is 5.69 Å². The van der Waals surface area contributed by atoms with Crippen molar-refractivity contribution in [1.29, 1.82) is 0 Å². The number of nitrogens with zero attached hydrogens (tertiary/aromatic N) is 6. The van der Waals surface area contributed by atoms with Crippen LogP contribution in [0.1, 0.15) is 5.56 Å². The number of piperazine rings is 1. The second-order valence-electron chi connectivity index (χ2n) is 8.04. The third-order valence-corrected chi connectivity index (χ3v) is 5.56. The number of non-ortho nitro benzene ring substituents is 1. The van der Waals surface area contributed by atoms with E-state index in [2.05, 4.69) is 20.3 Å². The van der Waals surface area contributed by atoms with Crippen LogP contribution < -0.4 is 5.32 Å².